The minimum Gasteiger partial charge on any atom is -0.359 e. The van der Waals surface area contributed by atoms with Crippen molar-refractivity contribution in [3.05, 3.63) is 0 Å². The molecule has 1 amide bonds. The van der Waals surface area contributed by atoms with E-state index < -0.39 is 0 Å². The number of carbonyl (C=O) groups excluding carboxylic acids is 1. The van der Waals surface area contributed by atoms with Crippen molar-refractivity contribution in [1.29, 1.82) is 0 Å². The number of amides is 1. The van der Waals surface area contributed by atoms with E-state index in [9.17, 15) is 4.79 Å². The number of hydrogen-bond acceptors (Lipinski definition) is 2. The summed E-state index contributed by atoms with van der Waals surface area (Å²) in [5, 5.41) is 6.09. The minimum absolute atomic E-state index is 0.133. The lowest BCUT2D eigenvalue weighted by Gasteiger charge is -2.19. The van der Waals surface area contributed by atoms with Crippen LogP contribution in [-0.2, 0) is 4.79 Å². The summed E-state index contributed by atoms with van der Waals surface area (Å²) >= 11 is 0. The summed E-state index contributed by atoms with van der Waals surface area (Å²) in [5.41, 5.74) is 0.133. The molecule has 0 heterocycles. The van der Waals surface area contributed by atoms with Crippen LogP contribution in [0, 0.1) is 0 Å². The molecule has 1 rings (SSSR count). The summed E-state index contributed by atoms with van der Waals surface area (Å²) in [5.74, 6) is 0.139. The van der Waals surface area contributed by atoms with Crippen LogP contribution in [0.4, 0.5) is 0 Å². The lowest BCUT2D eigenvalue weighted by Crippen LogP contribution is -2.40. The molecule has 2 N–H and O–H groups in total. The SMILES string of the molecule is CNC(=O)CC1(NC(C)C)CC1. The van der Waals surface area contributed by atoms with Crippen molar-refractivity contribution >= 4 is 5.91 Å². The van der Waals surface area contributed by atoms with Crippen molar-refractivity contribution in [3.8, 4) is 0 Å². The van der Waals surface area contributed by atoms with E-state index in [4.69, 9.17) is 0 Å². The number of carbonyl (C=O) groups is 1. The van der Waals surface area contributed by atoms with Crippen LogP contribution < -0.4 is 10.6 Å². The average Bonchev–Trinajstić information content (AvgIpc) is 2.67. The molecule has 70 valence electrons. The largest absolute Gasteiger partial charge is 0.359 e. The molecule has 0 aliphatic heterocycles. The second-order valence-corrected chi connectivity index (χ2v) is 3.93. The van der Waals surface area contributed by atoms with Crippen molar-refractivity contribution in [2.45, 2.75) is 44.7 Å². The van der Waals surface area contributed by atoms with Crippen molar-refractivity contribution < 1.29 is 4.79 Å². The van der Waals surface area contributed by atoms with Gasteiger partial charge in [-0.1, -0.05) is 13.8 Å². The number of rotatable bonds is 4. The highest BCUT2D eigenvalue weighted by Crippen LogP contribution is 2.38. The van der Waals surface area contributed by atoms with Crippen molar-refractivity contribution in [1.82, 2.24) is 10.6 Å². The van der Waals surface area contributed by atoms with Crippen LogP contribution in [0.5, 0.6) is 0 Å². The van der Waals surface area contributed by atoms with E-state index >= 15 is 0 Å². The van der Waals surface area contributed by atoms with Crippen LogP contribution in [0.15, 0.2) is 0 Å². The van der Waals surface area contributed by atoms with Gasteiger partial charge in [0.05, 0.1) is 0 Å². The van der Waals surface area contributed by atoms with E-state index in [0.29, 0.717) is 12.5 Å². The molecule has 0 unspecified atom stereocenters. The Morgan fingerprint density at radius 1 is 1.50 bits per heavy atom. The van der Waals surface area contributed by atoms with Gasteiger partial charge in [-0.2, -0.15) is 0 Å². The van der Waals surface area contributed by atoms with E-state index in [-0.39, 0.29) is 11.4 Å². The van der Waals surface area contributed by atoms with E-state index in [1.807, 2.05) is 0 Å². The molecule has 12 heavy (non-hydrogen) atoms. The molecule has 0 bridgehead atoms. The molecule has 1 aliphatic carbocycles. The molecular formula is C9H18N2O. The van der Waals surface area contributed by atoms with Crippen LogP contribution in [0.1, 0.15) is 33.1 Å². The molecule has 1 aliphatic rings. The zero-order valence-electron chi connectivity index (χ0n) is 8.11. The van der Waals surface area contributed by atoms with Crippen molar-refractivity contribution in [2.75, 3.05) is 7.05 Å². The highest BCUT2D eigenvalue weighted by Gasteiger charge is 2.44. The third kappa shape index (κ3) is 2.48. The van der Waals surface area contributed by atoms with E-state index in [0.717, 1.165) is 12.8 Å². The molecule has 3 nitrogen and oxygen atoms in total. The van der Waals surface area contributed by atoms with E-state index in [1.165, 1.54) is 0 Å². The van der Waals surface area contributed by atoms with Gasteiger partial charge in [-0.15, -0.1) is 0 Å². The van der Waals surface area contributed by atoms with E-state index in [2.05, 4.69) is 24.5 Å². The first-order chi connectivity index (χ1) is 5.58. The zero-order valence-corrected chi connectivity index (χ0v) is 8.11. The van der Waals surface area contributed by atoms with Gasteiger partial charge >= 0.3 is 0 Å². The maximum Gasteiger partial charge on any atom is 0.221 e. The molecule has 0 saturated heterocycles. The van der Waals surface area contributed by atoms with Crippen LogP contribution in [-0.4, -0.2) is 24.5 Å². The Hall–Kier alpha value is -0.570. The maximum atomic E-state index is 11.1. The van der Waals surface area contributed by atoms with Gasteiger partial charge in [-0.05, 0) is 12.8 Å². The van der Waals surface area contributed by atoms with Gasteiger partial charge in [0.15, 0.2) is 0 Å². The van der Waals surface area contributed by atoms with Gasteiger partial charge in [-0.25, -0.2) is 0 Å². The highest BCUT2D eigenvalue weighted by atomic mass is 16.1. The maximum absolute atomic E-state index is 11.1. The number of hydrogen-bond donors (Lipinski definition) is 2. The van der Waals surface area contributed by atoms with Crippen LogP contribution >= 0.6 is 0 Å². The summed E-state index contributed by atoms with van der Waals surface area (Å²) in [6.07, 6.45) is 2.90. The lowest BCUT2D eigenvalue weighted by atomic mass is 10.1. The summed E-state index contributed by atoms with van der Waals surface area (Å²) < 4.78 is 0. The lowest BCUT2D eigenvalue weighted by molar-refractivity contribution is -0.121. The van der Waals surface area contributed by atoms with Gasteiger partial charge in [0, 0.05) is 25.0 Å². The van der Waals surface area contributed by atoms with Crippen molar-refractivity contribution in [2.24, 2.45) is 0 Å². The van der Waals surface area contributed by atoms with Gasteiger partial charge in [0.2, 0.25) is 5.91 Å². The Morgan fingerprint density at radius 3 is 2.42 bits per heavy atom. The quantitative estimate of drug-likeness (QED) is 0.650. The molecule has 0 radical (unpaired) electrons. The topological polar surface area (TPSA) is 41.1 Å². The monoisotopic (exact) mass is 170 g/mol. The predicted octanol–water partition coefficient (Wildman–Crippen LogP) is 0.653. The zero-order chi connectivity index (χ0) is 9.19. The second-order valence-electron chi connectivity index (χ2n) is 3.93. The van der Waals surface area contributed by atoms with Gasteiger partial charge < -0.3 is 10.6 Å². The Bertz CT molecular complexity index is 173. The Morgan fingerprint density at radius 2 is 2.08 bits per heavy atom. The first kappa shape index (κ1) is 9.52. The first-order valence-corrected chi connectivity index (χ1v) is 4.56. The fraction of sp³-hybridized carbons (Fsp3) is 0.889. The molecule has 0 aromatic rings. The van der Waals surface area contributed by atoms with Crippen LogP contribution in [0.25, 0.3) is 0 Å². The fourth-order valence-electron chi connectivity index (χ4n) is 1.53. The molecule has 0 spiro atoms. The van der Waals surface area contributed by atoms with Crippen LogP contribution in [0.2, 0.25) is 0 Å². The highest BCUT2D eigenvalue weighted by molar-refractivity contribution is 5.77. The Balaban J connectivity index is 2.34. The molecule has 0 aromatic heterocycles. The summed E-state index contributed by atoms with van der Waals surface area (Å²) in [6.45, 7) is 4.23. The minimum atomic E-state index is 0.133. The van der Waals surface area contributed by atoms with Crippen LogP contribution in [0.3, 0.4) is 0 Å². The molecule has 1 fully saturated rings. The fourth-order valence-corrected chi connectivity index (χ4v) is 1.53. The molecule has 0 atom stereocenters. The third-order valence-electron chi connectivity index (χ3n) is 2.23. The first-order valence-electron chi connectivity index (χ1n) is 4.56. The summed E-state index contributed by atoms with van der Waals surface area (Å²) in [4.78, 5) is 11.1. The van der Waals surface area contributed by atoms with E-state index in [1.54, 1.807) is 7.05 Å². The second kappa shape index (κ2) is 3.44. The standard InChI is InChI=1S/C9H18N2O/c1-7(2)11-9(4-5-9)6-8(12)10-3/h7,11H,4-6H2,1-3H3,(H,10,12). The molecule has 3 heteroatoms. The van der Waals surface area contributed by atoms with Gasteiger partial charge in [0.1, 0.15) is 0 Å². The summed E-state index contributed by atoms with van der Waals surface area (Å²) in [7, 11) is 1.69. The van der Waals surface area contributed by atoms with Gasteiger partial charge in [-0.3, -0.25) is 4.79 Å². The summed E-state index contributed by atoms with van der Waals surface area (Å²) in [6, 6.07) is 0.470. The average molecular weight is 170 g/mol. The number of nitrogens with one attached hydrogen (secondary N) is 2. The third-order valence-corrected chi connectivity index (χ3v) is 2.23. The molecule has 0 aromatic carbocycles. The predicted molar refractivity (Wildman–Crippen MR) is 48.9 cm³/mol. The normalized spacial score (nSPS) is 19.3. The molecule has 1 saturated carbocycles. The smallest absolute Gasteiger partial charge is 0.221 e. The van der Waals surface area contributed by atoms with Gasteiger partial charge in [0.25, 0.3) is 0 Å². The molecular weight excluding hydrogens is 152 g/mol. The van der Waals surface area contributed by atoms with Crippen molar-refractivity contribution in [3.63, 3.8) is 0 Å². The Kier molecular flexibility index (Phi) is 2.73. The Labute approximate surface area is 73.9 Å².